The Bertz CT molecular complexity index is 444. The van der Waals surface area contributed by atoms with Crippen molar-refractivity contribution in [1.29, 1.82) is 0 Å². The van der Waals surface area contributed by atoms with Crippen molar-refractivity contribution in [3.8, 4) is 0 Å². The minimum Gasteiger partial charge on any atom is -0.478 e. The van der Waals surface area contributed by atoms with Crippen LogP contribution in [0.2, 0.25) is 0 Å². The van der Waals surface area contributed by atoms with Gasteiger partial charge in [-0.05, 0) is 23.1 Å². The third-order valence-electron chi connectivity index (χ3n) is 2.95. The molecule has 0 fully saturated rings. The van der Waals surface area contributed by atoms with Crippen molar-refractivity contribution in [1.82, 2.24) is 0 Å². The molecule has 0 radical (unpaired) electrons. The van der Waals surface area contributed by atoms with Gasteiger partial charge in [0.15, 0.2) is 0 Å². The fourth-order valence-corrected chi connectivity index (χ4v) is 2.07. The molecule has 1 N–H and O–H groups in total. The lowest BCUT2D eigenvalue weighted by Gasteiger charge is -2.06. The molecule has 1 aliphatic carbocycles. The van der Waals surface area contributed by atoms with Crippen molar-refractivity contribution in [2.24, 2.45) is 0 Å². The molecule has 1 aromatic rings. The second-order valence-corrected chi connectivity index (χ2v) is 3.95. The van der Waals surface area contributed by atoms with Gasteiger partial charge in [0.1, 0.15) is 0 Å². The summed E-state index contributed by atoms with van der Waals surface area (Å²) in [7, 11) is 0. The second-order valence-electron chi connectivity index (χ2n) is 3.95. The Kier molecular flexibility index (Phi) is 2.35. The van der Waals surface area contributed by atoms with Crippen LogP contribution in [0.15, 0.2) is 24.3 Å². The standard InChI is InChI=1S/C13H14O2/c1-3-9-4-5-10-8(2)6-12(13(14)15)11(10)7-9/h4-8H,3H2,1-2H3,(H,14,15). The van der Waals surface area contributed by atoms with Crippen molar-refractivity contribution in [2.75, 3.05) is 0 Å². The topological polar surface area (TPSA) is 37.3 Å². The Balaban J connectivity index is 2.54. The Morgan fingerprint density at radius 1 is 1.47 bits per heavy atom. The molecular weight excluding hydrogens is 188 g/mol. The minimum atomic E-state index is -0.825. The molecule has 0 heterocycles. The highest BCUT2D eigenvalue weighted by atomic mass is 16.4. The minimum absolute atomic E-state index is 0.219. The zero-order valence-electron chi connectivity index (χ0n) is 8.95. The van der Waals surface area contributed by atoms with Crippen molar-refractivity contribution >= 4 is 11.5 Å². The Morgan fingerprint density at radius 3 is 2.80 bits per heavy atom. The fraction of sp³-hybridized carbons (Fsp3) is 0.308. The van der Waals surface area contributed by atoms with Gasteiger partial charge in [0, 0.05) is 5.92 Å². The number of carboxylic acids is 1. The van der Waals surface area contributed by atoms with Crippen molar-refractivity contribution < 1.29 is 9.90 Å². The Morgan fingerprint density at radius 2 is 2.20 bits per heavy atom. The number of hydrogen-bond donors (Lipinski definition) is 1. The molecule has 2 rings (SSSR count). The van der Waals surface area contributed by atoms with E-state index in [1.54, 1.807) is 0 Å². The van der Waals surface area contributed by atoms with E-state index in [2.05, 4.69) is 13.0 Å². The highest BCUT2D eigenvalue weighted by Gasteiger charge is 2.24. The number of benzene rings is 1. The molecule has 0 aromatic heterocycles. The number of carboxylic acid groups (broad SMARTS) is 1. The van der Waals surface area contributed by atoms with Gasteiger partial charge < -0.3 is 5.11 Å². The van der Waals surface area contributed by atoms with Crippen LogP contribution in [0.3, 0.4) is 0 Å². The molecule has 2 nitrogen and oxygen atoms in total. The Labute approximate surface area is 89.2 Å². The zero-order valence-corrected chi connectivity index (χ0v) is 8.95. The number of allylic oxidation sites excluding steroid dienone is 1. The normalized spacial score (nSPS) is 18.5. The van der Waals surface area contributed by atoms with E-state index < -0.39 is 5.97 Å². The van der Waals surface area contributed by atoms with Gasteiger partial charge in [0.25, 0.3) is 0 Å². The molecule has 78 valence electrons. The van der Waals surface area contributed by atoms with Crippen LogP contribution in [-0.4, -0.2) is 11.1 Å². The number of hydrogen-bond acceptors (Lipinski definition) is 1. The van der Waals surface area contributed by atoms with Gasteiger partial charge in [0.05, 0.1) is 5.57 Å². The van der Waals surface area contributed by atoms with E-state index in [0.717, 1.165) is 17.5 Å². The van der Waals surface area contributed by atoms with E-state index in [4.69, 9.17) is 5.11 Å². The fourth-order valence-electron chi connectivity index (χ4n) is 2.07. The molecule has 0 spiro atoms. The van der Waals surface area contributed by atoms with Crippen LogP contribution in [0.5, 0.6) is 0 Å². The van der Waals surface area contributed by atoms with Crippen LogP contribution in [0.25, 0.3) is 5.57 Å². The molecule has 0 saturated carbocycles. The van der Waals surface area contributed by atoms with E-state index in [1.807, 2.05) is 25.1 Å². The number of fused-ring (bicyclic) bond motifs is 1. The monoisotopic (exact) mass is 202 g/mol. The van der Waals surface area contributed by atoms with Gasteiger partial charge in [-0.1, -0.05) is 38.1 Å². The summed E-state index contributed by atoms with van der Waals surface area (Å²) in [6.45, 7) is 4.10. The van der Waals surface area contributed by atoms with Crippen LogP contribution in [0.4, 0.5) is 0 Å². The van der Waals surface area contributed by atoms with Gasteiger partial charge in [-0.3, -0.25) is 0 Å². The first kappa shape index (κ1) is 9.97. The second kappa shape index (κ2) is 3.54. The summed E-state index contributed by atoms with van der Waals surface area (Å²) in [5.41, 5.74) is 3.67. The molecule has 1 atom stereocenters. The molecule has 1 aliphatic rings. The van der Waals surface area contributed by atoms with E-state index in [1.165, 1.54) is 5.56 Å². The molecule has 1 unspecified atom stereocenters. The maximum absolute atomic E-state index is 11.0. The van der Waals surface area contributed by atoms with Crippen LogP contribution in [0, 0.1) is 0 Å². The highest BCUT2D eigenvalue weighted by Crippen LogP contribution is 2.36. The van der Waals surface area contributed by atoms with Crippen LogP contribution >= 0.6 is 0 Å². The average Bonchev–Trinajstić information content (AvgIpc) is 2.56. The summed E-state index contributed by atoms with van der Waals surface area (Å²) in [5, 5.41) is 9.07. The number of aryl methyl sites for hydroxylation is 1. The van der Waals surface area contributed by atoms with E-state index in [-0.39, 0.29) is 5.92 Å². The molecule has 1 aromatic carbocycles. The van der Waals surface area contributed by atoms with Gasteiger partial charge in [-0.25, -0.2) is 4.79 Å². The third kappa shape index (κ3) is 1.56. The lowest BCUT2D eigenvalue weighted by atomic mass is 9.98. The summed E-state index contributed by atoms with van der Waals surface area (Å²) < 4.78 is 0. The lowest BCUT2D eigenvalue weighted by Crippen LogP contribution is -1.98. The van der Waals surface area contributed by atoms with Crippen LogP contribution in [0.1, 0.15) is 36.5 Å². The van der Waals surface area contributed by atoms with Gasteiger partial charge >= 0.3 is 5.97 Å². The largest absolute Gasteiger partial charge is 0.478 e. The Hall–Kier alpha value is -1.57. The lowest BCUT2D eigenvalue weighted by molar-refractivity contribution is -0.130. The number of aliphatic carboxylic acids is 1. The van der Waals surface area contributed by atoms with E-state index in [0.29, 0.717) is 5.57 Å². The summed E-state index contributed by atoms with van der Waals surface area (Å²) >= 11 is 0. The van der Waals surface area contributed by atoms with Crippen molar-refractivity contribution in [2.45, 2.75) is 26.2 Å². The smallest absolute Gasteiger partial charge is 0.335 e. The maximum Gasteiger partial charge on any atom is 0.335 e. The first-order chi connectivity index (χ1) is 7.13. The van der Waals surface area contributed by atoms with Crippen molar-refractivity contribution in [3.05, 3.63) is 41.0 Å². The number of carbonyl (C=O) groups is 1. The predicted molar refractivity (Wildman–Crippen MR) is 59.8 cm³/mol. The summed E-state index contributed by atoms with van der Waals surface area (Å²) in [6.07, 6.45) is 2.76. The van der Waals surface area contributed by atoms with Gasteiger partial charge in [-0.15, -0.1) is 0 Å². The van der Waals surface area contributed by atoms with Crippen molar-refractivity contribution in [3.63, 3.8) is 0 Å². The molecular formula is C13H14O2. The molecule has 0 aliphatic heterocycles. The maximum atomic E-state index is 11.0. The first-order valence-electron chi connectivity index (χ1n) is 5.21. The molecule has 0 bridgehead atoms. The summed E-state index contributed by atoms with van der Waals surface area (Å²) in [5.74, 6) is -0.606. The predicted octanol–water partition coefficient (Wildman–Crippen LogP) is 2.83. The molecule has 15 heavy (non-hydrogen) atoms. The van der Waals surface area contributed by atoms with E-state index >= 15 is 0 Å². The van der Waals surface area contributed by atoms with Crippen LogP contribution in [-0.2, 0) is 11.2 Å². The van der Waals surface area contributed by atoms with Gasteiger partial charge in [-0.2, -0.15) is 0 Å². The summed E-state index contributed by atoms with van der Waals surface area (Å²) in [6, 6.07) is 6.12. The third-order valence-corrected chi connectivity index (χ3v) is 2.95. The quantitative estimate of drug-likeness (QED) is 0.800. The average molecular weight is 202 g/mol. The van der Waals surface area contributed by atoms with Gasteiger partial charge in [0.2, 0.25) is 0 Å². The molecule has 0 saturated heterocycles. The first-order valence-corrected chi connectivity index (χ1v) is 5.21. The van der Waals surface area contributed by atoms with E-state index in [9.17, 15) is 4.79 Å². The highest BCUT2D eigenvalue weighted by molar-refractivity contribution is 6.17. The summed E-state index contributed by atoms with van der Waals surface area (Å²) in [4.78, 5) is 11.0. The zero-order chi connectivity index (χ0) is 11.0. The molecule has 0 amide bonds. The number of rotatable bonds is 2. The SMILES string of the molecule is CCc1ccc2c(c1)C(C(=O)O)=CC2C. The molecule has 2 heteroatoms. The van der Waals surface area contributed by atoms with Crippen LogP contribution < -0.4 is 0 Å².